The summed E-state index contributed by atoms with van der Waals surface area (Å²) in [5.41, 5.74) is 1.91. The third-order valence-electron chi connectivity index (χ3n) is 2.79. The molecule has 0 saturated carbocycles. The van der Waals surface area contributed by atoms with Crippen LogP contribution in [0.15, 0.2) is 30.0 Å². The standard InChI is InChI=1S/C16H20O4/c1-5-12(2)11-20-16-14(18-3)9-13(7-6-8-17)10-15(16)19-4/h6-11H,5H2,1-4H3/b7-6+,12-11+. The van der Waals surface area contributed by atoms with E-state index < -0.39 is 0 Å². The number of hydrogen-bond acceptors (Lipinski definition) is 4. The Bertz CT molecular complexity index is 490. The summed E-state index contributed by atoms with van der Waals surface area (Å²) in [6.07, 6.45) is 6.40. The average molecular weight is 276 g/mol. The van der Waals surface area contributed by atoms with Gasteiger partial charge in [-0.2, -0.15) is 0 Å². The van der Waals surface area contributed by atoms with Crippen LogP contribution in [0.25, 0.3) is 6.08 Å². The number of benzene rings is 1. The smallest absolute Gasteiger partial charge is 0.210 e. The summed E-state index contributed by atoms with van der Waals surface area (Å²) in [7, 11) is 3.12. The molecule has 4 heteroatoms. The SMILES string of the molecule is CC/C(C)=C/Oc1c(OC)cc(/C=C/C=O)cc1OC. The first-order valence-electron chi connectivity index (χ1n) is 6.36. The zero-order valence-electron chi connectivity index (χ0n) is 12.3. The molecule has 1 aromatic rings. The molecule has 20 heavy (non-hydrogen) atoms. The Balaban J connectivity index is 3.21. The molecule has 0 unspecified atom stereocenters. The molecule has 0 bridgehead atoms. The van der Waals surface area contributed by atoms with Gasteiger partial charge in [0.15, 0.2) is 11.5 Å². The van der Waals surface area contributed by atoms with E-state index in [-0.39, 0.29) is 0 Å². The van der Waals surface area contributed by atoms with Crippen LogP contribution in [0.5, 0.6) is 17.2 Å². The second-order valence-corrected chi connectivity index (χ2v) is 4.19. The molecular formula is C16H20O4. The van der Waals surface area contributed by atoms with Crippen LogP contribution in [0.1, 0.15) is 25.8 Å². The number of ether oxygens (including phenoxy) is 3. The molecule has 0 atom stereocenters. The summed E-state index contributed by atoms with van der Waals surface area (Å²) in [4.78, 5) is 10.4. The number of rotatable bonds is 7. The molecule has 1 rings (SSSR count). The average Bonchev–Trinajstić information content (AvgIpc) is 2.49. The fourth-order valence-corrected chi connectivity index (χ4v) is 1.51. The van der Waals surface area contributed by atoms with Gasteiger partial charge in [-0.05, 0) is 42.7 Å². The van der Waals surface area contributed by atoms with E-state index in [4.69, 9.17) is 14.2 Å². The Kier molecular flexibility index (Phi) is 6.37. The third kappa shape index (κ3) is 4.16. The zero-order valence-corrected chi connectivity index (χ0v) is 12.3. The zero-order chi connectivity index (χ0) is 15.0. The lowest BCUT2D eigenvalue weighted by molar-refractivity contribution is -0.104. The van der Waals surface area contributed by atoms with Gasteiger partial charge in [0.25, 0.3) is 0 Å². The number of hydrogen-bond donors (Lipinski definition) is 0. The summed E-state index contributed by atoms with van der Waals surface area (Å²) in [6, 6.07) is 3.57. The highest BCUT2D eigenvalue weighted by Crippen LogP contribution is 2.39. The van der Waals surface area contributed by atoms with Gasteiger partial charge in [0, 0.05) is 0 Å². The largest absolute Gasteiger partial charge is 0.493 e. The minimum absolute atomic E-state index is 0.519. The van der Waals surface area contributed by atoms with Crippen LogP contribution in [0.4, 0.5) is 0 Å². The second-order valence-electron chi connectivity index (χ2n) is 4.19. The van der Waals surface area contributed by atoms with E-state index in [1.807, 2.05) is 6.92 Å². The second kappa shape index (κ2) is 8.04. The number of allylic oxidation sites excluding steroid dienone is 2. The highest BCUT2D eigenvalue weighted by Gasteiger charge is 2.13. The van der Waals surface area contributed by atoms with Gasteiger partial charge in [0.2, 0.25) is 5.75 Å². The molecule has 0 N–H and O–H groups in total. The lowest BCUT2D eigenvalue weighted by Gasteiger charge is -2.13. The maximum absolute atomic E-state index is 10.4. The van der Waals surface area contributed by atoms with Crippen molar-refractivity contribution in [3.63, 3.8) is 0 Å². The van der Waals surface area contributed by atoms with Crippen molar-refractivity contribution in [2.24, 2.45) is 0 Å². The van der Waals surface area contributed by atoms with Crippen LogP contribution >= 0.6 is 0 Å². The van der Waals surface area contributed by atoms with Gasteiger partial charge in [-0.15, -0.1) is 0 Å². The van der Waals surface area contributed by atoms with Gasteiger partial charge < -0.3 is 14.2 Å². The van der Waals surface area contributed by atoms with Crippen molar-refractivity contribution < 1.29 is 19.0 Å². The molecule has 0 saturated heterocycles. The Labute approximate surface area is 119 Å². The van der Waals surface area contributed by atoms with E-state index in [9.17, 15) is 4.79 Å². The van der Waals surface area contributed by atoms with Crippen molar-refractivity contribution in [1.29, 1.82) is 0 Å². The van der Waals surface area contributed by atoms with E-state index in [1.165, 1.54) is 6.08 Å². The number of aldehydes is 1. The van der Waals surface area contributed by atoms with Gasteiger partial charge in [-0.1, -0.05) is 13.0 Å². The van der Waals surface area contributed by atoms with Gasteiger partial charge in [0.1, 0.15) is 6.29 Å². The first-order valence-corrected chi connectivity index (χ1v) is 6.36. The quantitative estimate of drug-likeness (QED) is 0.433. The molecule has 108 valence electrons. The Hall–Kier alpha value is -2.23. The highest BCUT2D eigenvalue weighted by molar-refractivity contribution is 5.75. The van der Waals surface area contributed by atoms with Crippen molar-refractivity contribution in [3.05, 3.63) is 35.6 Å². The van der Waals surface area contributed by atoms with Crippen molar-refractivity contribution in [1.82, 2.24) is 0 Å². The van der Waals surface area contributed by atoms with Crippen molar-refractivity contribution in [2.75, 3.05) is 14.2 Å². The van der Waals surface area contributed by atoms with Crippen LogP contribution in [-0.4, -0.2) is 20.5 Å². The minimum Gasteiger partial charge on any atom is -0.493 e. The number of methoxy groups -OCH3 is 2. The predicted octanol–water partition coefficient (Wildman–Crippen LogP) is 3.61. The molecule has 0 radical (unpaired) electrons. The summed E-state index contributed by atoms with van der Waals surface area (Å²) in [6.45, 7) is 4.04. The molecule has 0 aliphatic carbocycles. The maximum Gasteiger partial charge on any atom is 0.210 e. The molecule has 0 fully saturated rings. The molecule has 0 aliphatic rings. The Morgan fingerprint density at radius 3 is 2.25 bits per heavy atom. The lowest BCUT2D eigenvalue weighted by atomic mass is 10.1. The van der Waals surface area contributed by atoms with Crippen LogP contribution in [0.2, 0.25) is 0 Å². The first kappa shape index (κ1) is 15.8. The Morgan fingerprint density at radius 1 is 1.20 bits per heavy atom. The van der Waals surface area contributed by atoms with Crippen LogP contribution in [0, 0.1) is 0 Å². The summed E-state index contributed by atoms with van der Waals surface area (Å²) in [5.74, 6) is 1.62. The lowest BCUT2D eigenvalue weighted by Crippen LogP contribution is -1.96. The molecular weight excluding hydrogens is 256 g/mol. The molecule has 4 nitrogen and oxygen atoms in total. The van der Waals surface area contributed by atoms with Gasteiger partial charge >= 0.3 is 0 Å². The topological polar surface area (TPSA) is 44.8 Å². The van der Waals surface area contributed by atoms with Crippen LogP contribution in [-0.2, 0) is 4.79 Å². The highest BCUT2D eigenvalue weighted by atomic mass is 16.5. The predicted molar refractivity (Wildman–Crippen MR) is 79.3 cm³/mol. The van der Waals surface area contributed by atoms with Gasteiger partial charge in [-0.25, -0.2) is 0 Å². The molecule has 1 aromatic carbocycles. The van der Waals surface area contributed by atoms with Crippen LogP contribution in [0.3, 0.4) is 0 Å². The van der Waals surface area contributed by atoms with E-state index in [0.29, 0.717) is 17.2 Å². The summed E-state index contributed by atoms with van der Waals surface area (Å²) in [5, 5.41) is 0. The van der Waals surface area contributed by atoms with E-state index in [1.54, 1.807) is 38.7 Å². The van der Waals surface area contributed by atoms with Crippen LogP contribution < -0.4 is 14.2 Å². The van der Waals surface area contributed by atoms with Crippen molar-refractivity contribution in [3.8, 4) is 17.2 Å². The van der Waals surface area contributed by atoms with Crippen molar-refractivity contribution >= 4 is 12.4 Å². The monoisotopic (exact) mass is 276 g/mol. The summed E-state index contributed by atoms with van der Waals surface area (Å²) >= 11 is 0. The van der Waals surface area contributed by atoms with E-state index in [0.717, 1.165) is 23.8 Å². The molecule has 0 aromatic heterocycles. The van der Waals surface area contributed by atoms with E-state index in [2.05, 4.69) is 6.92 Å². The fraction of sp³-hybridized carbons (Fsp3) is 0.312. The number of carbonyl (C=O) groups is 1. The fourth-order valence-electron chi connectivity index (χ4n) is 1.51. The first-order chi connectivity index (χ1) is 9.65. The molecule has 0 amide bonds. The summed E-state index contributed by atoms with van der Waals surface area (Å²) < 4.78 is 16.3. The maximum atomic E-state index is 10.4. The molecule has 0 heterocycles. The van der Waals surface area contributed by atoms with Gasteiger partial charge in [0.05, 0.1) is 20.5 Å². The van der Waals surface area contributed by atoms with E-state index >= 15 is 0 Å². The third-order valence-corrected chi connectivity index (χ3v) is 2.79. The number of carbonyl (C=O) groups excluding carboxylic acids is 1. The molecule has 0 aliphatic heterocycles. The Morgan fingerprint density at radius 2 is 1.80 bits per heavy atom. The minimum atomic E-state index is 0.519. The van der Waals surface area contributed by atoms with Gasteiger partial charge in [-0.3, -0.25) is 4.79 Å². The normalized spacial score (nSPS) is 11.5. The van der Waals surface area contributed by atoms with Crippen molar-refractivity contribution in [2.45, 2.75) is 20.3 Å². The molecule has 0 spiro atoms.